The third-order valence-electron chi connectivity index (χ3n) is 6.73. The lowest BCUT2D eigenvalue weighted by Crippen LogP contribution is -2.39. The van der Waals surface area contributed by atoms with Crippen molar-refractivity contribution in [1.82, 2.24) is 19.7 Å². The van der Waals surface area contributed by atoms with Crippen LogP contribution in [-0.4, -0.2) is 48.6 Å². The maximum absolute atomic E-state index is 13.4. The number of nitrogens with zero attached hydrogens (tertiary/aromatic N) is 4. The number of Topliss-reactive ketones (excluding diaryl/α,β-unsaturated/α-hetero) is 1. The summed E-state index contributed by atoms with van der Waals surface area (Å²) in [7, 11) is 1.69. The van der Waals surface area contributed by atoms with Gasteiger partial charge in [0.1, 0.15) is 22.7 Å². The van der Waals surface area contributed by atoms with Crippen molar-refractivity contribution < 1.29 is 27.8 Å². The number of ketones is 1. The van der Waals surface area contributed by atoms with E-state index >= 15 is 0 Å². The Morgan fingerprint density at radius 3 is 2.60 bits per heavy atom. The third-order valence-corrected chi connectivity index (χ3v) is 8.02. The fourth-order valence-electron chi connectivity index (χ4n) is 4.54. The second kappa shape index (κ2) is 12.6. The van der Waals surface area contributed by atoms with Gasteiger partial charge in [-0.1, -0.05) is 31.5 Å². The van der Waals surface area contributed by atoms with Crippen molar-refractivity contribution in [2.24, 2.45) is 7.05 Å². The molecular formula is C30H30F3N5O4S. The molecular weight excluding hydrogens is 583 g/mol. The van der Waals surface area contributed by atoms with Gasteiger partial charge in [-0.25, -0.2) is 9.83 Å². The summed E-state index contributed by atoms with van der Waals surface area (Å²) in [6.45, 7) is 12.5. The molecule has 0 fully saturated rings. The van der Waals surface area contributed by atoms with Crippen LogP contribution in [0.2, 0.25) is 0 Å². The van der Waals surface area contributed by atoms with E-state index in [1.54, 1.807) is 25.2 Å². The zero-order chi connectivity index (χ0) is 31.5. The highest BCUT2D eigenvalue weighted by atomic mass is 32.2. The maximum Gasteiger partial charge on any atom is 0.407 e. The molecule has 0 unspecified atom stereocenters. The van der Waals surface area contributed by atoms with Crippen molar-refractivity contribution in [2.45, 2.75) is 56.7 Å². The van der Waals surface area contributed by atoms with Crippen molar-refractivity contribution in [2.75, 3.05) is 12.4 Å². The molecule has 0 radical (unpaired) electrons. The summed E-state index contributed by atoms with van der Waals surface area (Å²) < 4.78 is 47.4. The Balaban J connectivity index is 1.60. The van der Waals surface area contributed by atoms with Gasteiger partial charge in [0.25, 0.3) is 5.56 Å². The fraction of sp³-hybridized carbons (Fsp3) is 0.367. The molecule has 4 rings (SSSR count). The third kappa shape index (κ3) is 6.92. The SMILES string of the molecule is [C-]#[N+]c1ccc(CC(=O)[C@@](C)(O)CSc2ccc(OCC)c(-c3nc4c(CCC)nn(C)c4c(=O)[nH]3)c2)cc1C(F)(F)F. The predicted octanol–water partition coefficient (Wildman–Crippen LogP) is 5.90. The highest BCUT2D eigenvalue weighted by Crippen LogP contribution is 2.38. The standard InChI is InChI=1S/C30H30F3N5O4S/c1-6-8-22-25-26(38(5)37-22)28(40)36-27(35-25)19-15-18(10-12-23(19)42-7-2)43-16-29(3,41)24(39)14-17-9-11-21(34-4)20(13-17)30(31,32)33/h9-13,15,41H,6-8,14,16H2,1-3,5H3,(H,35,36,40)/t29-/m0/s1. The molecule has 43 heavy (non-hydrogen) atoms. The molecule has 226 valence electrons. The molecule has 1 atom stereocenters. The molecule has 2 aromatic carbocycles. The minimum Gasteiger partial charge on any atom is -0.493 e. The molecule has 2 aromatic heterocycles. The number of ether oxygens (including phenoxy) is 1. The van der Waals surface area contributed by atoms with E-state index < -0.39 is 35.2 Å². The first kappa shape index (κ1) is 31.8. The molecule has 0 bridgehead atoms. The van der Waals surface area contributed by atoms with E-state index in [1.165, 1.54) is 17.7 Å². The van der Waals surface area contributed by atoms with Crippen LogP contribution in [0, 0.1) is 6.57 Å². The van der Waals surface area contributed by atoms with Gasteiger partial charge in [-0.3, -0.25) is 14.3 Å². The molecule has 9 nitrogen and oxygen atoms in total. The van der Waals surface area contributed by atoms with Crippen LogP contribution in [0.15, 0.2) is 46.1 Å². The predicted molar refractivity (Wildman–Crippen MR) is 157 cm³/mol. The number of aromatic amines is 1. The zero-order valence-electron chi connectivity index (χ0n) is 24.0. The number of carbonyl (C=O) groups excluding carboxylic acids is 1. The van der Waals surface area contributed by atoms with Crippen LogP contribution in [-0.2, 0) is 30.9 Å². The number of aryl methyl sites for hydroxylation is 2. The number of rotatable bonds is 11. The number of fused-ring (bicyclic) bond motifs is 1. The van der Waals surface area contributed by atoms with Gasteiger partial charge in [-0.2, -0.15) is 18.3 Å². The van der Waals surface area contributed by atoms with Gasteiger partial charge in [-0.15, -0.1) is 11.8 Å². The quantitative estimate of drug-likeness (QED) is 0.160. The number of H-pyrrole nitrogens is 1. The number of aromatic nitrogens is 4. The lowest BCUT2D eigenvalue weighted by Gasteiger charge is -2.22. The van der Waals surface area contributed by atoms with Crippen molar-refractivity contribution in [3.8, 4) is 17.1 Å². The van der Waals surface area contributed by atoms with E-state index in [4.69, 9.17) is 16.3 Å². The second-order valence-electron chi connectivity index (χ2n) is 10.1. The van der Waals surface area contributed by atoms with E-state index in [0.717, 1.165) is 30.3 Å². The first-order valence-corrected chi connectivity index (χ1v) is 14.5. The largest absolute Gasteiger partial charge is 0.493 e. The van der Waals surface area contributed by atoms with E-state index in [1.807, 2.05) is 13.8 Å². The number of thioether (sulfide) groups is 1. The summed E-state index contributed by atoms with van der Waals surface area (Å²) in [4.78, 5) is 37.0. The molecule has 0 aliphatic carbocycles. The van der Waals surface area contributed by atoms with Crippen LogP contribution in [0.4, 0.5) is 18.9 Å². The molecule has 0 aliphatic heterocycles. The van der Waals surface area contributed by atoms with Crippen molar-refractivity contribution >= 4 is 34.3 Å². The Morgan fingerprint density at radius 1 is 1.21 bits per heavy atom. The maximum atomic E-state index is 13.4. The minimum absolute atomic E-state index is 0.0432. The lowest BCUT2D eigenvalue weighted by atomic mass is 9.95. The van der Waals surface area contributed by atoms with Gasteiger partial charge in [0.15, 0.2) is 17.0 Å². The number of nitrogens with one attached hydrogen (secondary N) is 1. The molecule has 2 heterocycles. The number of carbonyl (C=O) groups is 1. The van der Waals surface area contributed by atoms with E-state index in [0.29, 0.717) is 46.0 Å². The summed E-state index contributed by atoms with van der Waals surface area (Å²) >= 11 is 1.16. The average molecular weight is 614 g/mol. The average Bonchev–Trinajstić information content (AvgIpc) is 3.27. The molecule has 4 aromatic rings. The Bertz CT molecular complexity index is 1770. The molecule has 0 amide bonds. The van der Waals surface area contributed by atoms with Gasteiger partial charge in [0, 0.05) is 24.1 Å². The summed E-state index contributed by atoms with van der Waals surface area (Å²) in [6.07, 6.45) is -3.73. The number of benzene rings is 2. The van der Waals surface area contributed by atoms with Crippen LogP contribution >= 0.6 is 11.8 Å². The Kier molecular flexibility index (Phi) is 9.32. The number of hydrogen-bond donors (Lipinski definition) is 2. The van der Waals surface area contributed by atoms with Crippen LogP contribution in [0.25, 0.3) is 27.3 Å². The van der Waals surface area contributed by atoms with Crippen molar-refractivity contribution in [3.05, 3.63) is 75.0 Å². The summed E-state index contributed by atoms with van der Waals surface area (Å²) in [5.41, 5.74) is -1.81. The number of hydrogen-bond acceptors (Lipinski definition) is 7. The Hall–Kier alpha value is -4.15. The topological polar surface area (TPSA) is 114 Å². The molecule has 2 N–H and O–H groups in total. The molecule has 0 saturated heterocycles. The van der Waals surface area contributed by atoms with Crippen molar-refractivity contribution in [1.29, 1.82) is 0 Å². The van der Waals surface area contributed by atoms with E-state index in [2.05, 4.69) is 14.9 Å². The second-order valence-corrected chi connectivity index (χ2v) is 11.2. The first-order valence-electron chi connectivity index (χ1n) is 13.5. The smallest absolute Gasteiger partial charge is 0.407 e. The van der Waals surface area contributed by atoms with Crippen LogP contribution in [0.5, 0.6) is 5.75 Å². The monoisotopic (exact) mass is 613 g/mol. The minimum atomic E-state index is -4.75. The number of halogens is 3. The van der Waals surface area contributed by atoms with Gasteiger partial charge in [0.2, 0.25) is 0 Å². The molecule has 0 aliphatic rings. The van der Waals surface area contributed by atoms with Gasteiger partial charge in [0.05, 0.1) is 30.0 Å². The Morgan fingerprint density at radius 2 is 1.95 bits per heavy atom. The normalized spacial score (nSPS) is 13.1. The van der Waals surface area contributed by atoms with Crippen LogP contribution in [0.3, 0.4) is 0 Å². The number of alkyl halides is 3. The highest BCUT2D eigenvalue weighted by Gasteiger charge is 2.35. The summed E-state index contributed by atoms with van der Waals surface area (Å²) in [6, 6.07) is 8.25. The zero-order valence-corrected chi connectivity index (χ0v) is 24.8. The summed E-state index contributed by atoms with van der Waals surface area (Å²) in [5.74, 6) is -0.0229. The van der Waals surface area contributed by atoms with Gasteiger partial charge >= 0.3 is 6.18 Å². The molecule has 13 heteroatoms. The van der Waals surface area contributed by atoms with E-state index in [-0.39, 0.29) is 22.7 Å². The summed E-state index contributed by atoms with van der Waals surface area (Å²) in [5, 5.41) is 15.4. The first-order chi connectivity index (χ1) is 20.3. The fourth-order valence-corrected chi connectivity index (χ4v) is 5.52. The highest BCUT2D eigenvalue weighted by molar-refractivity contribution is 7.99. The van der Waals surface area contributed by atoms with Gasteiger partial charge in [-0.05, 0) is 44.0 Å². The molecule has 0 spiro atoms. The molecule has 0 saturated carbocycles. The lowest BCUT2D eigenvalue weighted by molar-refractivity contribution is -0.137. The Labute approximate surface area is 249 Å². The van der Waals surface area contributed by atoms with Crippen molar-refractivity contribution in [3.63, 3.8) is 0 Å². The van der Waals surface area contributed by atoms with Crippen LogP contribution in [0.1, 0.15) is 44.0 Å². The van der Waals surface area contributed by atoms with E-state index in [9.17, 15) is 27.9 Å². The van der Waals surface area contributed by atoms with Gasteiger partial charge < -0.3 is 14.8 Å². The number of aliphatic hydroxyl groups is 1. The van der Waals surface area contributed by atoms with Crippen LogP contribution < -0.4 is 10.3 Å².